The summed E-state index contributed by atoms with van der Waals surface area (Å²) in [5, 5.41) is 6.94. The Labute approximate surface area is 166 Å². The summed E-state index contributed by atoms with van der Waals surface area (Å²) in [4.78, 5) is 30.0. The van der Waals surface area contributed by atoms with E-state index in [1.54, 1.807) is 0 Å². The van der Waals surface area contributed by atoms with Gasteiger partial charge in [-0.25, -0.2) is 0 Å². The number of pyridine rings is 1. The standard InChI is InChI=1S/C23H29N3O2/c1-15-10-11-20-18(14-15)21(17-8-4-5-9-19(17)26-20)23(28)25-13-12-24-22(27)16-6-2-3-7-16/h10-11,14,16H,2-9,12-13H2,1H3,(H,24,27)(H,25,28). The number of aryl methyl sites for hydroxylation is 2. The highest BCUT2D eigenvalue weighted by Crippen LogP contribution is 2.30. The van der Waals surface area contributed by atoms with Crippen molar-refractivity contribution in [3.8, 4) is 0 Å². The van der Waals surface area contributed by atoms with E-state index in [0.29, 0.717) is 13.1 Å². The van der Waals surface area contributed by atoms with Crippen molar-refractivity contribution in [1.29, 1.82) is 0 Å². The number of hydrogen-bond donors (Lipinski definition) is 2. The molecule has 5 heteroatoms. The molecule has 1 saturated carbocycles. The lowest BCUT2D eigenvalue weighted by Crippen LogP contribution is -2.37. The van der Waals surface area contributed by atoms with Gasteiger partial charge in [0.15, 0.2) is 0 Å². The molecule has 0 atom stereocenters. The van der Waals surface area contributed by atoms with Crippen LogP contribution in [0.1, 0.15) is 65.7 Å². The lowest BCUT2D eigenvalue weighted by Gasteiger charge is -2.20. The molecule has 2 N–H and O–H groups in total. The van der Waals surface area contributed by atoms with Crippen molar-refractivity contribution in [2.45, 2.75) is 58.3 Å². The third-order valence-electron chi connectivity index (χ3n) is 6.08. The van der Waals surface area contributed by atoms with Crippen LogP contribution in [0.5, 0.6) is 0 Å². The molecule has 5 nitrogen and oxygen atoms in total. The minimum Gasteiger partial charge on any atom is -0.354 e. The zero-order valence-electron chi connectivity index (χ0n) is 16.6. The SMILES string of the molecule is Cc1ccc2nc3c(c(C(=O)NCCNC(=O)C4CCCC4)c2c1)CCCC3. The Morgan fingerprint density at radius 2 is 1.79 bits per heavy atom. The summed E-state index contributed by atoms with van der Waals surface area (Å²) in [6.07, 6.45) is 8.36. The fourth-order valence-electron chi connectivity index (χ4n) is 4.58. The van der Waals surface area contributed by atoms with Crippen molar-refractivity contribution >= 4 is 22.7 Å². The van der Waals surface area contributed by atoms with Gasteiger partial charge in [-0.2, -0.15) is 0 Å². The lowest BCUT2D eigenvalue weighted by molar-refractivity contribution is -0.124. The second-order valence-corrected chi connectivity index (χ2v) is 8.17. The van der Waals surface area contributed by atoms with E-state index in [-0.39, 0.29) is 17.7 Å². The molecule has 28 heavy (non-hydrogen) atoms. The third kappa shape index (κ3) is 3.89. The van der Waals surface area contributed by atoms with Gasteiger partial charge in [0.1, 0.15) is 0 Å². The monoisotopic (exact) mass is 379 g/mol. The van der Waals surface area contributed by atoms with E-state index in [1.165, 1.54) is 0 Å². The molecule has 0 bridgehead atoms. The number of carbonyl (C=O) groups excluding carboxylic acids is 2. The quantitative estimate of drug-likeness (QED) is 0.782. The largest absolute Gasteiger partial charge is 0.354 e. The van der Waals surface area contributed by atoms with Crippen LogP contribution in [-0.2, 0) is 17.6 Å². The summed E-state index contributed by atoms with van der Waals surface area (Å²) >= 11 is 0. The minimum atomic E-state index is -0.0498. The molecule has 4 rings (SSSR count). The molecule has 1 aromatic heterocycles. The first-order valence-corrected chi connectivity index (χ1v) is 10.6. The molecule has 1 heterocycles. The summed E-state index contributed by atoms with van der Waals surface area (Å²) in [7, 11) is 0. The molecule has 0 radical (unpaired) electrons. The summed E-state index contributed by atoms with van der Waals surface area (Å²) in [6, 6.07) is 6.12. The van der Waals surface area contributed by atoms with Crippen molar-refractivity contribution in [2.24, 2.45) is 5.92 Å². The second-order valence-electron chi connectivity index (χ2n) is 8.17. The van der Waals surface area contributed by atoms with Crippen LogP contribution in [0.4, 0.5) is 0 Å². The highest BCUT2D eigenvalue weighted by atomic mass is 16.2. The zero-order chi connectivity index (χ0) is 19.5. The van der Waals surface area contributed by atoms with Crippen molar-refractivity contribution in [3.63, 3.8) is 0 Å². The lowest BCUT2D eigenvalue weighted by atomic mass is 9.89. The fourth-order valence-corrected chi connectivity index (χ4v) is 4.58. The van der Waals surface area contributed by atoms with Gasteiger partial charge in [0.05, 0.1) is 11.1 Å². The van der Waals surface area contributed by atoms with Gasteiger partial charge in [0.25, 0.3) is 5.91 Å². The molecule has 1 fully saturated rings. The smallest absolute Gasteiger partial charge is 0.252 e. The Morgan fingerprint density at radius 1 is 1.04 bits per heavy atom. The number of amides is 2. The molecule has 0 spiro atoms. The molecule has 2 aliphatic rings. The topological polar surface area (TPSA) is 71.1 Å². The number of benzene rings is 1. The number of fused-ring (bicyclic) bond motifs is 2. The van der Waals surface area contributed by atoms with E-state index in [4.69, 9.17) is 4.98 Å². The highest BCUT2D eigenvalue weighted by molar-refractivity contribution is 6.08. The van der Waals surface area contributed by atoms with Crippen molar-refractivity contribution in [2.75, 3.05) is 13.1 Å². The van der Waals surface area contributed by atoms with E-state index in [2.05, 4.69) is 16.7 Å². The maximum absolute atomic E-state index is 13.1. The molecule has 2 aromatic rings. The van der Waals surface area contributed by atoms with Crippen LogP contribution in [-0.4, -0.2) is 29.9 Å². The Balaban J connectivity index is 1.48. The van der Waals surface area contributed by atoms with Gasteiger partial charge in [-0.1, -0.05) is 24.5 Å². The van der Waals surface area contributed by atoms with Gasteiger partial charge >= 0.3 is 0 Å². The van der Waals surface area contributed by atoms with Crippen LogP contribution < -0.4 is 10.6 Å². The molecule has 1 aromatic carbocycles. The van der Waals surface area contributed by atoms with Gasteiger partial charge in [-0.05, 0) is 63.1 Å². The predicted molar refractivity (Wildman–Crippen MR) is 110 cm³/mol. The molecule has 148 valence electrons. The van der Waals surface area contributed by atoms with Crippen LogP contribution >= 0.6 is 0 Å². The number of hydrogen-bond acceptors (Lipinski definition) is 3. The first-order valence-electron chi connectivity index (χ1n) is 10.6. The van der Waals surface area contributed by atoms with E-state index >= 15 is 0 Å². The molecular weight excluding hydrogens is 350 g/mol. The molecule has 0 unspecified atom stereocenters. The highest BCUT2D eigenvalue weighted by Gasteiger charge is 2.24. The van der Waals surface area contributed by atoms with E-state index in [9.17, 15) is 9.59 Å². The van der Waals surface area contributed by atoms with Crippen LogP contribution in [0.2, 0.25) is 0 Å². The Bertz CT molecular complexity index is 900. The average Bonchev–Trinajstić information content (AvgIpc) is 3.24. The van der Waals surface area contributed by atoms with Crippen molar-refractivity contribution in [1.82, 2.24) is 15.6 Å². The number of rotatable bonds is 5. The maximum Gasteiger partial charge on any atom is 0.252 e. The number of carbonyl (C=O) groups is 2. The molecule has 0 saturated heterocycles. The molecule has 2 aliphatic carbocycles. The van der Waals surface area contributed by atoms with Crippen LogP contribution in [0.25, 0.3) is 10.9 Å². The second kappa shape index (κ2) is 8.29. The summed E-state index contributed by atoms with van der Waals surface area (Å²) in [5.74, 6) is 0.246. The Hall–Kier alpha value is -2.43. The molecule has 2 amide bonds. The summed E-state index contributed by atoms with van der Waals surface area (Å²) in [6.45, 7) is 2.96. The molecule has 0 aliphatic heterocycles. The summed E-state index contributed by atoms with van der Waals surface area (Å²) in [5.41, 5.74) is 4.98. The number of nitrogens with zero attached hydrogens (tertiary/aromatic N) is 1. The van der Waals surface area contributed by atoms with Gasteiger partial charge < -0.3 is 10.6 Å². The van der Waals surface area contributed by atoms with E-state index < -0.39 is 0 Å². The summed E-state index contributed by atoms with van der Waals surface area (Å²) < 4.78 is 0. The first-order chi connectivity index (χ1) is 13.6. The number of aromatic nitrogens is 1. The van der Waals surface area contributed by atoms with Gasteiger partial charge in [-0.3, -0.25) is 14.6 Å². The van der Waals surface area contributed by atoms with Gasteiger partial charge in [0.2, 0.25) is 5.91 Å². The fraction of sp³-hybridized carbons (Fsp3) is 0.522. The van der Waals surface area contributed by atoms with Crippen LogP contribution in [0.3, 0.4) is 0 Å². The first kappa shape index (κ1) is 18.9. The Morgan fingerprint density at radius 3 is 2.61 bits per heavy atom. The van der Waals surface area contributed by atoms with Crippen molar-refractivity contribution in [3.05, 3.63) is 40.6 Å². The molecular formula is C23H29N3O2. The van der Waals surface area contributed by atoms with Crippen LogP contribution in [0.15, 0.2) is 18.2 Å². The van der Waals surface area contributed by atoms with Crippen molar-refractivity contribution < 1.29 is 9.59 Å². The van der Waals surface area contributed by atoms with Gasteiger partial charge in [0, 0.05) is 30.1 Å². The average molecular weight is 380 g/mol. The predicted octanol–water partition coefficient (Wildman–Crippen LogP) is 3.46. The number of nitrogens with one attached hydrogen (secondary N) is 2. The Kier molecular flexibility index (Phi) is 5.60. The maximum atomic E-state index is 13.1. The van der Waals surface area contributed by atoms with Crippen LogP contribution in [0, 0.1) is 12.8 Å². The third-order valence-corrected chi connectivity index (χ3v) is 6.08. The zero-order valence-corrected chi connectivity index (χ0v) is 16.6. The van der Waals surface area contributed by atoms with E-state index in [0.717, 1.165) is 84.7 Å². The van der Waals surface area contributed by atoms with E-state index in [1.807, 2.05) is 19.1 Å². The minimum absolute atomic E-state index is 0.0498. The van der Waals surface area contributed by atoms with Gasteiger partial charge in [-0.15, -0.1) is 0 Å². The normalized spacial score (nSPS) is 16.8.